The monoisotopic (exact) mass is 394 g/mol. The average molecular weight is 395 g/mol. The Morgan fingerprint density at radius 3 is 2.59 bits per heavy atom. The molecule has 1 aromatic heterocycles. The number of para-hydroxylation sites is 1. The van der Waals surface area contributed by atoms with Crippen molar-refractivity contribution >= 4 is 17.6 Å². The first-order valence-corrected chi connectivity index (χ1v) is 8.95. The van der Waals surface area contributed by atoms with Crippen molar-refractivity contribution in [2.45, 2.75) is 32.0 Å². The van der Waals surface area contributed by atoms with E-state index >= 15 is 0 Å². The van der Waals surface area contributed by atoms with E-state index in [9.17, 15) is 4.79 Å². The molecular formula is C19H23ClN2O5. The SMILES string of the molecule is CCCCOC(=O)C(c1ccccc1Oc1cc(Cl)ncn1)C(OC)OC. The van der Waals surface area contributed by atoms with Crippen molar-refractivity contribution in [1.29, 1.82) is 0 Å². The summed E-state index contributed by atoms with van der Waals surface area (Å²) in [4.78, 5) is 20.6. The summed E-state index contributed by atoms with van der Waals surface area (Å²) in [5.74, 6) is -0.602. The lowest BCUT2D eigenvalue weighted by molar-refractivity contribution is -0.166. The van der Waals surface area contributed by atoms with Crippen LogP contribution < -0.4 is 4.74 Å². The van der Waals surface area contributed by atoms with Gasteiger partial charge in [-0.25, -0.2) is 9.97 Å². The standard InChI is InChI=1S/C19H23ClN2O5/c1-4-5-10-26-18(23)17(19(24-2)25-3)13-8-6-7-9-14(13)27-16-11-15(20)21-12-22-16/h6-9,11-12,17,19H,4-5,10H2,1-3H3. The van der Waals surface area contributed by atoms with Gasteiger partial charge in [-0.05, 0) is 12.5 Å². The lowest BCUT2D eigenvalue weighted by Crippen LogP contribution is -2.31. The first-order valence-electron chi connectivity index (χ1n) is 8.57. The predicted molar refractivity (Wildman–Crippen MR) is 100.0 cm³/mol. The van der Waals surface area contributed by atoms with Gasteiger partial charge in [-0.2, -0.15) is 0 Å². The van der Waals surface area contributed by atoms with Crippen LogP contribution in [0, 0.1) is 0 Å². The van der Waals surface area contributed by atoms with E-state index in [1.54, 1.807) is 24.3 Å². The Kier molecular flexibility index (Phi) is 8.44. The fraction of sp³-hybridized carbons (Fsp3) is 0.421. The summed E-state index contributed by atoms with van der Waals surface area (Å²) in [6, 6.07) is 8.55. The van der Waals surface area contributed by atoms with Crippen LogP contribution in [0.25, 0.3) is 0 Å². The van der Waals surface area contributed by atoms with Crippen LogP contribution in [0.3, 0.4) is 0 Å². The fourth-order valence-electron chi connectivity index (χ4n) is 2.48. The number of esters is 1. The highest BCUT2D eigenvalue weighted by Gasteiger charge is 2.34. The lowest BCUT2D eigenvalue weighted by atomic mass is 9.97. The van der Waals surface area contributed by atoms with Crippen molar-refractivity contribution in [2.75, 3.05) is 20.8 Å². The van der Waals surface area contributed by atoms with Crippen molar-refractivity contribution in [1.82, 2.24) is 9.97 Å². The van der Waals surface area contributed by atoms with Gasteiger partial charge in [-0.1, -0.05) is 43.1 Å². The molecule has 0 radical (unpaired) electrons. The van der Waals surface area contributed by atoms with E-state index in [1.807, 2.05) is 6.92 Å². The Labute approximate surface area is 163 Å². The number of rotatable bonds is 10. The van der Waals surface area contributed by atoms with E-state index in [4.69, 9.17) is 30.5 Å². The second-order valence-corrected chi connectivity index (χ2v) is 6.04. The van der Waals surface area contributed by atoms with Gasteiger partial charge in [0.1, 0.15) is 23.1 Å². The normalized spacial score (nSPS) is 12.0. The molecular weight excluding hydrogens is 372 g/mol. The zero-order chi connectivity index (χ0) is 19.6. The third-order valence-electron chi connectivity index (χ3n) is 3.81. The molecule has 2 aromatic rings. The number of carbonyl (C=O) groups is 1. The Bertz CT molecular complexity index is 740. The third-order valence-corrected chi connectivity index (χ3v) is 4.02. The number of carbonyl (C=O) groups excluding carboxylic acids is 1. The molecule has 0 spiro atoms. The molecule has 8 heteroatoms. The van der Waals surface area contributed by atoms with E-state index in [2.05, 4.69) is 9.97 Å². The molecule has 0 aliphatic heterocycles. The molecule has 27 heavy (non-hydrogen) atoms. The highest BCUT2D eigenvalue weighted by atomic mass is 35.5. The minimum absolute atomic E-state index is 0.250. The molecule has 1 atom stereocenters. The minimum atomic E-state index is -0.835. The highest BCUT2D eigenvalue weighted by molar-refractivity contribution is 6.29. The summed E-state index contributed by atoms with van der Waals surface area (Å²) in [5.41, 5.74) is 0.558. The van der Waals surface area contributed by atoms with Crippen molar-refractivity contribution in [3.05, 3.63) is 47.4 Å². The van der Waals surface area contributed by atoms with Crippen LogP contribution in [0.15, 0.2) is 36.7 Å². The predicted octanol–water partition coefficient (Wildman–Crippen LogP) is 3.97. The fourth-order valence-corrected chi connectivity index (χ4v) is 2.61. The molecule has 0 saturated carbocycles. The van der Waals surface area contributed by atoms with Gasteiger partial charge in [0.15, 0.2) is 6.29 Å². The van der Waals surface area contributed by atoms with Gasteiger partial charge in [0, 0.05) is 25.8 Å². The van der Waals surface area contributed by atoms with E-state index in [-0.39, 0.29) is 11.0 Å². The largest absolute Gasteiger partial charge is 0.465 e. The van der Waals surface area contributed by atoms with Gasteiger partial charge >= 0.3 is 5.97 Å². The van der Waals surface area contributed by atoms with Gasteiger partial charge < -0.3 is 18.9 Å². The Balaban J connectivity index is 2.35. The van der Waals surface area contributed by atoms with Crippen LogP contribution in [0.5, 0.6) is 11.6 Å². The number of aromatic nitrogens is 2. The van der Waals surface area contributed by atoms with Crippen molar-refractivity contribution < 1.29 is 23.7 Å². The van der Waals surface area contributed by atoms with E-state index in [0.717, 1.165) is 12.8 Å². The topological polar surface area (TPSA) is 79.8 Å². The number of methoxy groups -OCH3 is 2. The number of ether oxygens (including phenoxy) is 4. The van der Waals surface area contributed by atoms with Crippen LogP contribution in [0.2, 0.25) is 5.15 Å². The summed E-state index contributed by atoms with van der Waals surface area (Å²) >= 11 is 5.88. The van der Waals surface area contributed by atoms with Gasteiger partial charge in [-0.15, -0.1) is 0 Å². The second-order valence-electron chi connectivity index (χ2n) is 5.66. The van der Waals surface area contributed by atoms with Crippen molar-refractivity contribution in [3.63, 3.8) is 0 Å². The summed E-state index contributed by atoms with van der Waals surface area (Å²) < 4.78 is 21.9. The smallest absolute Gasteiger partial charge is 0.318 e. The molecule has 0 fully saturated rings. The molecule has 1 aromatic carbocycles. The third kappa shape index (κ3) is 5.89. The maximum Gasteiger partial charge on any atom is 0.318 e. The maximum atomic E-state index is 12.8. The Morgan fingerprint density at radius 2 is 1.93 bits per heavy atom. The molecule has 0 saturated heterocycles. The average Bonchev–Trinajstić information content (AvgIpc) is 2.67. The number of unbranched alkanes of at least 4 members (excludes halogenated alkanes) is 1. The van der Waals surface area contributed by atoms with E-state index < -0.39 is 18.2 Å². The highest BCUT2D eigenvalue weighted by Crippen LogP contribution is 2.34. The second kappa shape index (κ2) is 10.8. The molecule has 1 heterocycles. The Hall–Kier alpha value is -2.22. The summed E-state index contributed by atoms with van der Waals surface area (Å²) in [7, 11) is 2.93. The van der Waals surface area contributed by atoms with Gasteiger partial charge in [0.2, 0.25) is 5.88 Å². The first-order chi connectivity index (χ1) is 13.1. The molecule has 0 aliphatic carbocycles. The van der Waals surface area contributed by atoms with E-state index in [1.165, 1.54) is 26.6 Å². The Morgan fingerprint density at radius 1 is 1.19 bits per heavy atom. The molecule has 2 rings (SSSR count). The lowest BCUT2D eigenvalue weighted by Gasteiger charge is -2.25. The quantitative estimate of drug-likeness (QED) is 0.261. The summed E-state index contributed by atoms with van der Waals surface area (Å²) in [6.07, 6.45) is 2.16. The summed E-state index contributed by atoms with van der Waals surface area (Å²) in [6.45, 7) is 2.35. The molecule has 0 N–H and O–H groups in total. The van der Waals surface area contributed by atoms with Crippen LogP contribution in [-0.2, 0) is 19.0 Å². The molecule has 0 aliphatic rings. The number of hydrogen-bond acceptors (Lipinski definition) is 7. The van der Waals surface area contributed by atoms with Crippen LogP contribution in [-0.4, -0.2) is 43.1 Å². The summed E-state index contributed by atoms with van der Waals surface area (Å²) in [5, 5.41) is 0.250. The van der Waals surface area contributed by atoms with Crippen LogP contribution in [0.1, 0.15) is 31.2 Å². The van der Waals surface area contributed by atoms with Gasteiger partial charge in [0.05, 0.1) is 6.61 Å². The molecule has 0 bridgehead atoms. The van der Waals surface area contributed by atoms with Gasteiger partial charge in [0.25, 0.3) is 0 Å². The zero-order valence-electron chi connectivity index (χ0n) is 15.6. The first kappa shape index (κ1) is 21.1. The number of nitrogens with zero attached hydrogens (tertiary/aromatic N) is 2. The van der Waals surface area contributed by atoms with Crippen LogP contribution in [0.4, 0.5) is 0 Å². The number of halogens is 1. The molecule has 7 nitrogen and oxygen atoms in total. The van der Waals surface area contributed by atoms with Gasteiger partial charge in [-0.3, -0.25) is 4.79 Å². The molecule has 1 unspecified atom stereocenters. The molecule has 146 valence electrons. The van der Waals surface area contributed by atoms with Crippen molar-refractivity contribution in [3.8, 4) is 11.6 Å². The number of hydrogen-bond donors (Lipinski definition) is 0. The van der Waals surface area contributed by atoms with E-state index in [0.29, 0.717) is 17.9 Å². The minimum Gasteiger partial charge on any atom is -0.465 e. The molecule has 0 amide bonds. The number of benzene rings is 1. The van der Waals surface area contributed by atoms with Crippen molar-refractivity contribution in [2.24, 2.45) is 0 Å². The maximum absolute atomic E-state index is 12.8. The zero-order valence-corrected chi connectivity index (χ0v) is 16.3. The van der Waals surface area contributed by atoms with Crippen LogP contribution >= 0.6 is 11.6 Å².